The van der Waals surface area contributed by atoms with E-state index < -0.39 is 17.9 Å². The van der Waals surface area contributed by atoms with E-state index in [0.29, 0.717) is 11.8 Å². The molecule has 0 bridgehead atoms. The Hall–Kier alpha value is -3.56. The van der Waals surface area contributed by atoms with Gasteiger partial charge < -0.3 is 9.97 Å². The fourth-order valence-electron chi connectivity index (χ4n) is 3.38. The predicted molar refractivity (Wildman–Crippen MR) is 169 cm³/mol. The van der Waals surface area contributed by atoms with Crippen LogP contribution in [-0.4, -0.2) is 14.4 Å². The average molecular weight is 630 g/mol. The predicted octanol–water partition coefficient (Wildman–Crippen LogP) is 9.11. The van der Waals surface area contributed by atoms with Crippen LogP contribution < -0.4 is 9.97 Å². The fourth-order valence-corrected chi connectivity index (χ4v) is 5.06. The minimum absolute atomic E-state index is 0.288. The number of pyridine rings is 2. The minimum atomic E-state index is -0.415. The number of hydrogen-bond donors (Lipinski definition) is 0. The normalized spacial score (nSPS) is 10.2. The van der Waals surface area contributed by atoms with Gasteiger partial charge >= 0.3 is 127 Å². The van der Waals surface area contributed by atoms with Crippen LogP contribution in [0, 0.1) is 5.41 Å². The van der Waals surface area contributed by atoms with Crippen LogP contribution in [0.1, 0.15) is 71.4 Å². The summed E-state index contributed by atoms with van der Waals surface area (Å²) in [5.41, 5.74) is 6.19. The summed E-state index contributed by atoms with van der Waals surface area (Å²) in [5.74, 6) is 1.08. The third-order valence-corrected chi connectivity index (χ3v) is 8.10. The van der Waals surface area contributed by atoms with Crippen LogP contribution in [0.15, 0.2) is 120 Å². The van der Waals surface area contributed by atoms with Crippen molar-refractivity contribution in [1.82, 2.24) is 19.9 Å². The van der Waals surface area contributed by atoms with Gasteiger partial charge in [-0.05, 0) is 24.3 Å². The molecule has 0 aliphatic carbocycles. The molecular formula is C35H43MoN5. The Kier molecular flexibility index (Phi) is 15.4. The van der Waals surface area contributed by atoms with Crippen LogP contribution in [0.2, 0.25) is 0 Å². The quantitative estimate of drug-likeness (QED) is 0.186. The summed E-state index contributed by atoms with van der Waals surface area (Å²) in [6, 6.07) is 25.8. The van der Waals surface area contributed by atoms with E-state index in [2.05, 4.69) is 91.0 Å². The molecule has 0 fully saturated rings. The molecule has 0 N–H and O–H groups in total. The Morgan fingerprint density at radius 3 is 1.37 bits per heavy atom. The molecule has 6 heteroatoms. The molecule has 0 atom stereocenters. The maximum atomic E-state index is 5.01. The Labute approximate surface area is 254 Å². The smallest absolute Gasteiger partial charge is 0.0886 e. The van der Waals surface area contributed by atoms with Crippen molar-refractivity contribution in [2.24, 2.45) is 8.91 Å². The van der Waals surface area contributed by atoms with Gasteiger partial charge in [-0.1, -0.05) is 36.4 Å². The Morgan fingerprint density at radius 1 is 0.634 bits per heavy atom. The molecule has 4 heterocycles. The van der Waals surface area contributed by atoms with Crippen molar-refractivity contribution >= 4 is 10.1 Å². The monoisotopic (exact) mass is 631 g/mol. The molecule has 5 aromatic rings. The van der Waals surface area contributed by atoms with E-state index in [1.807, 2.05) is 60.7 Å². The Morgan fingerprint density at radius 2 is 1.07 bits per heavy atom. The molecule has 4 aromatic heterocycles. The molecule has 0 aliphatic heterocycles. The van der Waals surface area contributed by atoms with Gasteiger partial charge in [0.15, 0.2) is 0 Å². The van der Waals surface area contributed by atoms with Crippen molar-refractivity contribution in [3.63, 3.8) is 0 Å². The second kappa shape index (κ2) is 18.7. The largest absolute Gasteiger partial charge is 0.670 e. The first-order valence-corrected chi connectivity index (χ1v) is 15.9. The zero-order valence-corrected chi connectivity index (χ0v) is 27.4. The van der Waals surface area contributed by atoms with Crippen LogP contribution >= 0.6 is 0 Å². The SMILES string of the molecule is CC(C)c1cccc(C(C)C)c1[N]=[Mo+2]=[CH]C(C)(C)C.c1cc[n-]c1.c1cc[n-]c1.c1ccc(-c2ccccn2)nc1. The first-order chi connectivity index (χ1) is 19.7. The maximum absolute atomic E-state index is 5.01. The van der Waals surface area contributed by atoms with Gasteiger partial charge in [0.05, 0.1) is 11.4 Å². The molecule has 1 aromatic carbocycles. The molecule has 0 saturated heterocycles. The van der Waals surface area contributed by atoms with Gasteiger partial charge in [0.1, 0.15) is 0 Å². The van der Waals surface area contributed by atoms with Gasteiger partial charge in [-0.2, -0.15) is 24.8 Å². The molecule has 0 amide bonds. The topological polar surface area (TPSA) is 66.3 Å². The number of aromatic nitrogens is 4. The standard InChI is InChI=1S/C12H17N.C10H8N2.C5H10.2C4H4N.Mo/c1-8(2)10-6-5-7-11(9(3)4)12(10)13;1-3-7-11-9(5-1)10-6-2-4-8-12-10;1-5(2,3)4;2*1-2-4-5-3-1;/h5-9H,1-4H3;1-8H;1H,2-4H3;2*1-4H;/q;;;2*-1;+2. The van der Waals surface area contributed by atoms with Crippen molar-refractivity contribution in [3.05, 3.63) is 127 Å². The van der Waals surface area contributed by atoms with Crippen LogP contribution in [0.3, 0.4) is 0 Å². The van der Waals surface area contributed by atoms with Gasteiger partial charge in [-0.25, -0.2) is 0 Å². The summed E-state index contributed by atoms with van der Waals surface area (Å²) in [5, 5.41) is 0. The van der Waals surface area contributed by atoms with Crippen LogP contribution in [0.4, 0.5) is 5.69 Å². The molecule has 0 radical (unpaired) electrons. The van der Waals surface area contributed by atoms with E-state index in [1.165, 1.54) is 16.8 Å². The van der Waals surface area contributed by atoms with Crippen molar-refractivity contribution in [2.45, 2.75) is 60.3 Å². The number of nitrogens with zero attached hydrogens (tertiary/aromatic N) is 5. The van der Waals surface area contributed by atoms with E-state index in [-0.39, 0.29) is 5.41 Å². The third-order valence-electron chi connectivity index (χ3n) is 5.40. The Bertz CT molecular complexity index is 1260. The number of hydrogen-bond acceptors (Lipinski definition) is 3. The van der Waals surface area contributed by atoms with Crippen molar-refractivity contribution < 1.29 is 17.9 Å². The van der Waals surface area contributed by atoms with Gasteiger partial charge in [0.2, 0.25) is 0 Å². The van der Waals surface area contributed by atoms with Crippen LogP contribution in [0.5, 0.6) is 0 Å². The molecule has 0 saturated carbocycles. The minimum Gasteiger partial charge on any atom is -0.670 e. The fraction of sp³-hybridized carbons (Fsp3) is 0.286. The van der Waals surface area contributed by atoms with E-state index in [1.54, 1.807) is 37.2 Å². The Balaban J connectivity index is 0.000000223. The molecule has 0 aliphatic rings. The van der Waals surface area contributed by atoms with E-state index >= 15 is 0 Å². The zero-order chi connectivity index (χ0) is 29.9. The molecule has 41 heavy (non-hydrogen) atoms. The maximum Gasteiger partial charge on any atom is 0.0886 e. The van der Waals surface area contributed by atoms with Crippen molar-refractivity contribution in [3.8, 4) is 11.4 Å². The van der Waals surface area contributed by atoms with E-state index in [0.717, 1.165) is 11.4 Å². The summed E-state index contributed by atoms with van der Waals surface area (Å²) >= 11 is -0.415. The van der Waals surface area contributed by atoms with Gasteiger partial charge in [-0.3, -0.25) is 9.97 Å². The van der Waals surface area contributed by atoms with Crippen molar-refractivity contribution in [2.75, 3.05) is 0 Å². The molecule has 0 unspecified atom stereocenters. The molecule has 214 valence electrons. The molecule has 5 rings (SSSR count). The summed E-state index contributed by atoms with van der Waals surface area (Å²) in [6.07, 6.45) is 10.5. The second-order valence-electron chi connectivity index (χ2n) is 10.9. The first-order valence-electron chi connectivity index (χ1n) is 13.9. The van der Waals surface area contributed by atoms with E-state index in [9.17, 15) is 0 Å². The summed E-state index contributed by atoms with van der Waals surface area (Å²) < 4.78 is 7.42. The van der Waals surface area contributed by atoms with Gasteiger partial charge in [-0.15, -0.1) is 0 Å². The molecular weight excluding hydrogens is 586 g/mol. The zero-order valence-electron chi connectivity index (χ0n) is 25.3. The van der Waals surface area contributed by atoms with Crippen LogP contribution in [-0.2, 0) is 17.9 Å². The van der Waals surface area contributed by atoms with Gasteiger partial charge in [0.25, 0.3) is 0 Å². The molecule has 5 nitrogen and oxygen atoms in total. The first kappa shape index (κ1) is 33.6. The van der Waals surface area contributed by atoms with Crippen LogP contribution in [0.25, 0.3) is 11.4 Å². The van der Waals surface area contributed by atoms with Gasteiger partial charge in [0, 0.05) is 12.4 Å². The number of rotatable bonds is 4. The average Bonchev–Trinajstić information content (AvgIpc) is 3.74. The summed E-state index contributed by atoms with van der Waals surface area (Å²) in [7, 11) is 0. The summed E-state index contributed by atoms with van der Waals surface area (Å²) in [4.78, 5) is 15.8. The third kappa shape index (κ3) is 14.1. The molecule has 0 spiro atoms. The van der Waals surface area contributed by atoms with E-state index in [4.69, 9.17) is 3.50 Å². The summed E-state index contributed by atoms with van der Waals surface area (Å²) in [6.45, 7) is 15.8. The van der Waals surface area contributed by atoms with Crippen molar-refractivity contribution in [1.29, 1.82) is 0 Å². The second-order valence-corrected chi connectivity index (χ2v) is 12.4. The number of benzene rings is 1.